The Morgan fingerprint density at radius 2 is 1.73 bits per heavy atom. The van der Waals surface area contributed by atoms with Gasteiger partial charge in [-0.25, -0.2) is 0 Å². The Morgan fingerprint density at radius 3 is 2.12 bits per heavy atom. The normalized spacial score (nSPS) is 29.5. The lowest BCUT2D eigenvalue weighted by Crippen LogP contribution is -2.61. The first-order valence-corrected chi connectivity index (χ1v) is 15.3. The first kappa shape index (κ1) is 23.8. The van der Waals surface area contributed by atoms with Crippen molar-refractivity contribution in [1.29, 1.82) is 5.26 Å². The quantitative estimate of drug-likeness (QED) is 0.711. The highest BCUT2D eigenvalue weighted by molar-refractivity contribution is 6.74. The fourth-order valence-corrected chi connectivity index (χ4v) is 5.43. The van der Waals surface area contributed by atoms with Crippen LogP contribution in [0.4, 0.5) is 0 Å². The second-order valence-electron chi connectivity index (χ2n) is 10.3. The van der Waals surface area contributed by atoms with Crippen molar-refractivity contribution in [3.05, 3.63) is 0 Å². The predicted octanol–water partition coefficient (Wildman–Crippen LogP) is 3.69. The van der Waals surface area contributed by atoms with E-state index in [1.807, 2.05) is 0 Å². The van der Waals surface area contributed by atoms with Crippen LogP contribution in [0.5, 0.6) is 0 Å². The molecule has 152 valence electrons. The summed E-state index contributed by atoms with van der Waals surface area (Å²) in [5.74, 6) is -0.465. The molecule has 5 unspecified atom stereocenters. The van der Waals surface area contributed by atoms with Crippen LogP contribution in [0.15, 0.2) is 0 Å². The van der Waals surface area contributed by atoms with Gasteiger partial charge in [-0.05, 0) is 36.6 Å². The van der Waals surface area contributed by atoms with Gasteiger partial charge in [0.2, 0.25) is 0 Å². The Hall–Kier alpha value is -0.236. The van der Waals surface area contributed by atoms with Crippen LogP contribution in [-0.2, 0) is 13.6 Å². The van der Waals surface area contributed by atoms with E-state index in [9.17, 15) is 10.4 Å². The number of aliphatic hydroxyl groups is 1. The lowest BCUT2D eigenvalue weighted by Gasteiger charge is -2.48. The molecule has 0 spiro atoms. The fourth-order valence-electron chi connectivity index (χ4n) is 2.95. The predicted molar refractivity (Wildman–Crippen MR) is 110 cm³/mol. The molecule has 1 aliphatic heterocycles. The van der Waals surface area contributed by atoms with Gasteiger partial charge in [0.1, 0.15) is 12.2 Å². The van der Waals surface area contributed by atoms with E-state index in [2.05, 4.69) is 73.8 Å². The van der Waals surface area contributed by atoms with Gasteiger partial charge in [0, 0.05) is 0 Å². The van der Waals surface area contributed by atoms with Crippen LogP contribution < -0.4 is 0 Å². The van der Waals surface area contributed by atoms with Gasteiger partial charge in [-0.1, -0.05) is 41.5 Å². The van der Waals surface area contributed by atoms with Crippen molar-refractivity contribution in [2.24, 2.45) is 11.3 Å². The summed E-state index contributed by atoms with van der Waals surface area (Å²) < 4.78 is 18.7. The highest BCUT2D eigenvalue weighted by Crippen LogP contribution is 2.41. The average Bonchev–Trinajstić information content (AvgIpc) is 2.44. The van der Waals surface area contributed by atoms with Gasteiger partial charge in [-0.2, -0.15) is 5.26 Å². The number of hydrogen-bond donors (Lipinski definition) is 1. The maximum Gasteiger partial charge on any atom is 0.192 e. The zero-order chi connectivity index (χ0) is 20.5. The summed E-state index contributed by atoms with van der Waals surface area (Å²) in [6, 6.07) is 2.28. The summed E-state index contributed by atoms with van der Waals surface area (Å²) in [6.45, 7) is 21.6. The van der Waals surface area contributed by atoms with Gasteiger partial charge in [-0.3, -0.25) is 0 Å². The summed E-state index contributed by atoms with van der Waals surface area (Å²) >= 11 is 0. The molecule has 1 N–H and O–H groups in total. The van der Waals surface area contributed by atoms with Crippen molar-refractivity contribution in [2.75, 3.05) is 6.61 Å². The van der Waals surface area contributed by atoms with E-state index >= 15 is 0 Å². The summed E-state index contributed by atoms with van der Waals surface area (Å²) in [5.41, 5.74) is -0.177. The van der Waals surface area contributed by atoms with Crippen molar-refractivity contribution in [3.63, 3.8) is 0 Å². The molecule has 1 saturated heterocycles. The lowest BCUT2D eigenvalue weighted by molar-refractivity contribution is -0.191. The standard InChI is InChI=1S/C19H39NO4Si2/c1-18(2,3)17(23-25(7)8)16-14(21)15(13(11-20)12-22-16)24-26(9,10)19(4,5)6/h13-17,21,25H,12H2,1-10H3. The van der Waals surface area contributed by atoms with Crippen molar-refractivity contribution in [2.45, 2.75) is 97.2 Å². The largest absolute Gasteiger partial charge is 0.414 e. The molecule has 1 fully saturated rings. The highest BCUT2D eigenvalue weighted by atomic mass is 28.4. The first-order valence-electron chi connectivity index (χ1n) is 9.64. The molecule has 0 aliphatic carbocycles. The Bertz CT molecular complexity index is 505. The number of ether oxygens (including phenoxy) is 1. The van der Waals surface area contributed by atoms with Gasteiger partial charge in [0.15, 0.2) is 17.4 Å². The molecule has 1 heterocycles. The second-order valence-corrected chi connectivity index (χ2v) is 17.5. The first-order chi connectivity index (χ1) is 11.6. The minimum Gasteiger partial charge on any atom is -0.414 e. The molecule has 0 saturated carbocycles. The molecule has 26 heavy (non-hydrogen) atoms. The molecule has 7 heteroatoms. The van der Waals surface area contributed by atoms with Crippen LogP contribution in [0.2, 0.25) is 31.2 Å². The Kier molecular flexibility index (Phi) is 7.70. The average molecular weight is 402 g/mol. The number of aliphatic hydroxyl groups excluding tert-OH is 1. The Labute approximate surface area is 162 Å². The third kappa shape index (κ3) is 5.63. The molecule has 0 amide bonds. The monoisotopic (exact) mass is 401 g/mol. The third-order valence-corrected chi connectivity index (χ3v) is 10.8. The Morgan fingerprint density at radius 1 is 1.19 bits per heavy atom. The third-order valence-electron chi connectivity index (χ3n) is 5.51. The summed E-state index contributed by atoms with van der Waals surface area (Å²) in [6.07, 6.45) is -2.12. The molecule has 0 bridgehead atoms. The van der Waals surface area contributed by atoms with Gasteiger partial charge in [-0.15, -0.1) is 0 Å². The second kappa shape index (κ2) is 8.42. The van der Waals surface area contributed by atoms with Crippen molar-refractivity contribution < 1.29 is 18.7 Å². The zero-order valence-corrected chi connectivity index (χ0v) is 20.4. The van der Waals surface area contributed by atoms with E-state index in [0.717, 1.165) is 0 Å². The SMILES string of the molecule is C[SiH](C)OC(C1OCC(C#N)C(O[Si](C)(C)C(C)(C)C)C1O)C(C)(C)C. The van der Waals surface area contributed by atoms with Crippen molar-refractivity contribution in [1.82, 2.24) is 0 Å². The zero-order valence-electron chi connectivity index (χ0n) is 18.3. The maximum absolute atomic E-state index is 11.2. The molecular formula is C19H39NO4Si2. The minimum atomic E-state index is -2.13. The van der Waals surface area contributed by atoms with Gasteiger partial charge in [0.25, 0.3) is 0 Å². The van der Waals surface area contributed by atoms with Crippen molar-refractivity contribution >= 4 is 17.4 Å². The molecule has 0 radical (unpaired) electrons. The number of hydrogen-bond acceptors (Lipinski definition) is 5. The molecule has 0 aromatic heterocycles. The molecule has 5 nitrogen and oxygen atoms in total. The Balaban J connectivity index is 3.15. The van der Waals surface area contributed by atoms with E-state index in [4.69, 9.17) is 13.6 Å². The van der Waals surface area contributed by atoms with Crippen molar-refractivity contribution in [3.8, 4) is 6.07 Å². The summed E-state index contributed by atoms with van der Waals surface area (Å²) in [7, 11) is -3.46. The van der Waals surface area contributed by atoms with Gasteiger partial charge in [0.05, 0.1) is 30.8 Å². The van der Waals surface area contributed by atoms with E-state index in [1.54, 1.807) is 0 Å². The van der Waals surface area contributed by atoms with Crippen LogP contribution in [0.25, 0.3) is 0 Å². The van der Waals surface area contributed by atoms with E-state index in [1.165, 1.54) is 0 Å². The summed E-state index contributed by atoms with van der Waals surface area (Å²) in [4.78, 5) is 0. The van der Waals surface area contributed by atoms with E-state index in [0.29, 0.717) is 0 Å². The van der Waals surface area contributed by atoms with E-state index < -0.39 is 41.6 Å². The number of nitriles is 1. The van der Waals surface area contributed by atoms with Gasteiger partial charge >= 0.3 is 0 Å². The maximum atomic E-state index is 11.2. The number of nitrogens with zero attached hydrogens (tertiary/aromatic N) is 1. The highest BCUT2D eigenvalue weighted by Gasteiger charge is 2.50. The molecule has 1 rings (SSSR count). The fraction of sp³-hybridized carbons (Fsp3) is 0.947. The van der Waals surface area contributed by atoms with Crippen LogP contribution in [-0.4, -0.2) is 53.5 Å². The molecule has 5 atom stereocenters. The number of rotatable bonds is 5. The summed E-state index contributed by atoms with van der Waals surface area (Å²) in [5, 5.41) is 20.7. The van der Waals surface area contributed by atoms with Crippen LogP contribution in [0.3, 0.4) is 0 Å². The van der Waals surface area contributed by atoms with Crippen LogP contribution in [0.1, 0.15) is 41.5 Å². The van der Waals surface area contributed by atoms with Crippen LogP contribution >= 0.6 is 0 Å². The minimum absolute atomic E-state index is 0.00526. The molecular weight excluding hydrogens is 362 g/mol. The smallest absolute Gasteiger partial charge is 0.192 e. The van der Waals surface area contributed by atoms with Crippen LogP contribution in [0, 0.1) is 22.7 Å². The molecule has 0 aromatic rings. The van der Waals surface area contributed by atoms with Gasteiger partial charge < -0.3 is 18.7 Å². The topological polar surface area (TPSA) is 71.7 Å². The molecule has 0 aromatic carbocycles. The van der Waals surface area contributed by atoms with E-state index in [-0.39, 0.29) is 23.2 Å². The lowest BCUT2D eigenvalue weighted by atomic mass is 9.80. The molecule has 1 aliphatic rings.